The maximum Gasteiger partial charge on any atom is 0.223 e. The number of imidazole rings is 1. The third-order valence-electron chi connectivity index (χ3n) is 2.36. The Bertz CT molecular complexity index is 547. The van der Waals surface area contributed by atoms with Crippen LogP contribution in [0.1, 0.15) is 27.7 Å². The molecule has 0 aliphatic rings. The average molecular weight is 265 g/mol. The lowest BCUT2D eigenvalue weighted by atomic mass is 10.2. The smallest absolute Gasteiger partial charge is 0.223 e. The third-order valence-corrected chi connectivity index (χ3v) is 3.34. The Morgan fingerprint density at radius 2 is 2.00 bits per heavy atom. The van der Waals surface area contributed by atoms with E-state index >= 15 is 0 Å². The Kier molecular flexibility index (Phi) is 3.75. The molecule has 0 saturated carbocycles. The molecule has 2 heterocycles. The van der Waals surface area contributed by atoms with E-state index in [0.717, 1.165) is 22.7 Å². The van der Waals surface area contributed by atoms with E-state index in [1.165, 1.54) is 0 Å². The van der Waals surface area contributed by atoms with Crippen LogP contribution >= 0.6 is 11.8 Å². The lowest BCUT2D eigenvalue weighted by Crippen LogP contribution is -2.06. The minimum absolute atomic E-state index is 0.316. The number of thioether (sulfide) groups is 1. The molecular formula is C12H19N5S. The average Bonchev–Trinajstić information content (AvgIpc) is 2.60. The van der Waals surface area contributed by atoms with Crippen molar-refractivity contribution in [3.8, 4) is 0 Å². The van der Waals surface area contributed by atoms with E-state index < -0.39 is 0 Å². The lowest BCUT2D eigenvalue weighted by Gasteiger charge is -2.08. The zero-order valence-corrected chi connectivity index (χ0v) is 12.0. The van der Waals surface area contributed by atoms with Gasteiger partial charge in [0, 0.05) is 11.8 Å². The highest BCUT2D eigenvalue weighted by Gasteiger charge is 2.14. The first-order chi connectivity index (χ1) is 8.47. The molecule has 2 N–H and O–H groups in total. The van der Waals surface area contributed by atoms with Crippen molar-refractivity contribution < 1.29 is 0 Å². The van der Waals surface area contributed by atoms with E-state index in [9.17, 15) is 0 Å². The van der Waals surface area contributed by atoms with Gasteiger partial charge in [0.2, 0.25) is 5.95 Å². The quantitative estimate of drug-likeness (QED) is 0.679. The zero-order chi connectivity index (χ0) is 13.3. The van der Waals surface area contributed by atoms with Crippen molar-refractivity contribution in [1.29, 1.82) is 0 Å². The molecule has 6 heteroatoms. The fourth-order valence-electron chi connectivity index (χ4n) is 1.77. The molecule has 0 saturated heterocycles. The first kappa shape index (κ1) is 13.1. The number of anilines is 1. The number of hydrogen-bond donors (Lipinski definition) is 1. The van der Waals surface area contributed by atoms with E-state index in [4.69, 9.17) is 5.73 Å². The Morgan fingerprint density at radius 3 is 2.61 bits per heavy atom. The van der Waals surface area contributed by atoms with E-state index in [2.05, 4.69) is 42.6 Å². The monoisotopic (exact) mass is 265 g/mol. The van der Waals surface area contributed by atoms with Gasteiger partial charge in [-0.3, -0.25) is 0 Å². The summed E-state index contributed by atoms with van der Waals surface area (Å²) < 4.78 is 2.04. The minimum atomic E-state index is 0.316. The van der Waals surface area contributed by atoms with Crippen LogP contribution in [0.15, 0.2) is 11.4 Å². The topological polar surface area (TPSA) is 69.6 Å². The molecular weight excluding hydrogens is 246 g/mol. The Morgan fingerprint density at radius 1 is 1.28 bits per heavy atom. The number of nitrogens with two attached hydrogens (primary N) is 1. The highest BCUT2D eigenvalue weighted by Crippen LogP contribution is 2.28. The molecule has 2 rings (SSSR count). The molecule has 18 heavy (non-hydrogen) atoms. The van der Waals surface area contributed by atoms with Crippen molar-refractivity contribution >= 4 is 28.9 Å². The van der Waals surface area contributed by atoms with Crippen LogP contribution in [0, 0.1) is 5.92 Å². The molecule has 5 nitrogen and oxygen atoms in total. The molecule has 2 aromatic heterocycles. The van der Waals surface area contributed by atoms with Gasteiger partial charge in [0.15, 0.2) is 5.65 Å². The molecule has 0 fully saturated rings. The van der Waals surface area contributed by atoms with Crippen molar-refractivity contribution in [3.63, 3.8) is 0 Å². The largest absolute Gasteiger partial charge is 0.368 e. The molecule has 0 bridgehead atoms. The van der Waals surface area contributed by atoms with Crippen LogP contribution in [0.4, 0.5) is 5.95 Å². The fraction of sp³-hybridized carbons (Fsp3) is 0.583. The van der Waals surface area contributed by atoms with Crippen molar-refractivity contribution in [1.82, 2.24) is 19.5 Å². The number of rotatable bonds is 4. The van der Waals surface area contributed by atoms with E-state index in [1.54, 1.807) is 11.8 Å². The summed E-state index contributed by atoms with van der Waals surface area (Å²) in [5.41, 5.74) is 7.47. The maximum absolute atomic E-state index is 5.78. The Hall–Kier alpha value is -1.30. The van der Waals surface area contributed by atoms with Crippen LogP contribution in [-0.2, 0) is 6.54 Å². The molecule has 0 unspecified atom stereocenters. The van der Waals surface area contributed by atoms with E-state index in [1.807, 2.05) is 10.9 Å². The molecule has 0 amide bonds. The SMILES string of the molecule is CC(C)Cn1cnc2c(SC(C)C)nc(N)nc21. The van der Waals surface area contributed by atoms with Gasteiger partial charge in [-0.2, -0.15) is 4.98 Å². The molecule has 2 aromatic rings. The minimum Gasteiger partial charge on any atom is -0.368 e. The van der Waals surface area contributed by atoms with E-state index in [-0.39, 0.29) is 0 Å². The van der Waals surface area contributed by atoms with Crippen LogP contribution in [0.5, 0.6) is 0 Å². The Balaban J connectivity index is 2.50. The summed E-state index contributed by atoms with van der Waals surface area (Å²) in [6, 6.07) is 0. The second-order valence-corrected chi connectivity index (χ2v) is 6.58. The van der Waals surface area contributed by atoms with Gasteiger partial charge in [0.25, 0.3) is 0 Å². The molecule has 0 aromatic carbocycles. The zero-order valence-electron chi connectivity index (χ0n) is 11.2. The normalized spacial score (nSPS) is 11.9. The summed E-state index contributed by atoms with van der Waals surface area (Å²) >= 11 is 1.67. The molecule has 0 spiro atoms. The highest BCUT2D eigenvalue weighted by molar-refractivity contribution is 8.00. The predicted molar refractivity (Wildman–Crippen MR) is 75.6 cm³/mol. The van der Waals surface area contributed by atoms with Crippen LogP contribution in [0.25, 0.3) is 11.2 Å². The van der Waals surface area contributed by atoms with Crippen LogP contribution in [-0.4, -0.2) is 24.8 Å². The molecule has 0 aliphatic heterocycles. The van der Waals surface area contributed by atoms with Gasteiger partial charge in [0.05, 0.1) is 6.33 Å². The summed E-state index contributed by atoms with van der Waals surface area (Å²) in [5.74, 6) is 0.857. The summed E-state index contributed by atoms with van der Waals surface area (Å²) in [4.78, 5) is 13.0. The van der Waals surface area contributed by atoms with Crippen molar-refractivity contribution in [2.24, 2.45) is 5.92 Å². The second kappa shape index (κ2) is 5.14. The van der Waals surface area contributed by atoms with Gasteiger partial charge in [-0.1, -0.05) is 27.7 Å². The fourth-order valence-corrected chi connectivity index (χ4v) is 2.62. The molecule has 98 valence electrons. The van der Waals surface area contributed by atoms with Crippen molar-refractivity contribution in [3.05, 3.63) is 6.33 Å². The number of fused-ring (bicyclic) bond motifs is 1. The van der Waals surface area contributed by atoms with Crippen LogP contribution < -0.4 is 5.73 Å². The van der Waals surface area contributed by atoms with Gasteiger partial charge in [0.1, 0.15) is 10.5 Å². The van der Waals surface area contributed by atoms with Gasteiger partial charge < -0.3 is 10.3 Å². The van der Waals surface area contributed by atoms with Gasteiger partial charge in [-0.05, 0) is 5.92 Å². The summed E-state index contributed by atoms with van der Waals surface area (Å²) in [6.45, 7) is 9.47. The number of aromatic nitrogens is 4. The highest BCUT2D eigenvalue weighted by atomic mass is 32.2. The standard InChI is InChI=1S/C12H19N5S/c1-7(2)5-17-6-14-9-10(17)15-12(13)16-11(9)18-8(3)4/h6-8H,5H2,1-4H3,(H2,13,15,16). The maximum atomic E-state index is 5.78. The summed E-state index contributed by atoms with van der Waals surface area (Å²) in [5, 5.41) is 1.31. The lowest BCUT2D eigenvalue weighted by molar-refractivity contribution is 0.530. The molecule has 0 aliphatic carbocycles. The second-order valence-electron chi connectivity index (χ2n) is 5.02. The Labute approximate surface area is 111 Å². The third kappa shape index (κ3) is 2.75. The van der Waals surface area contributed by atoms with E-state index in [0.29, 0.717) is 17.1 Å². The van der Waals surface area contributed by atoms with Crippen LogP contribution in [0.2, 0.25) is 0 Å². The summed E-state index contributed by atoms with van der Waals surface area (Å²) in [6.07, 6.45) is 1.82. The number of nitrogens with zero attached hydrogens (tertiary/aromatic N) is 4. The summed E-state index contributed by atoms with van der Waals surface area (Å²) in [7, 11) is 0. The number of hydrogen-bond acceptors (Lipinski definition) is 5. The van der Waals surface area contributed by atoms with Crippen molar-refractivity contribution in [2.45, 2.75) is 44.5 Å². The first-order valence-corrected chi connectivity index (χ1v) is 7.00. The van der Waals surface area contributed by atoms with Gasteiger partial charge >= 0.3 is 0 Å². The predicted octanol–water partition coefficient (Wildman–Crippen LogP) is 2.56. The van der Waals surface area contributed by atoms with Crippen LogP contribution in [0.3, 0.4) is 0 Å². The van der Waals surface area contributed by atoms with Gasteiger partial charge in [-0.15, -0.1) is 11.8 Å². The molecule has 0 radical (unpaired) electrons. The number of nitrogen functional groups attached to an aromatic ring is 1. The molecule has 0 atom stereocenters. The van der Waals surface area contributed by atoms with Crippen molar-refractivity contribution in [2.75, 3.05) is 5.73 Å². The first-order valence-electron chi connectivity index (χ1n) is 6.12. The van der Waals surface area contributed by atoms with Gasteiger partial charge in [-0.25, -0.2) is 9.97 Å².